The molecule has 0 spiro atoms. The monoisotopic (exact) mass is 279 g/mol. The van der Waals surface area contributed by atoms with Gasteiger partial charge >= 0.3 is 5.69 Å². The molecule has 2 heterocycles. The number of fused-ring (bicyclic) bond motifs is 1. The summed E-state index contributed by atoms with van der Waals surface area (Å²) in [4.78, 5) is 24.2. The van der Waals surface area contributed by atoms with E-state index in [4.69, 9.17) is 0 Å². The maximum atomic E-state index is 12.3. The minimum atomic E-state index is -0.532. The predicted molar refractivity (Wildman–Crippen MR) is 71.5 cm³/mol. The lowest BCUT2D eigenvalue weighted by Crippen LogP contribution is -2.38. The third kappa shape index (κ3) is 1.71. The highest BCUT2D eigenvalue weighted by Gasteiger charge is 2.29. The number of aliphatic hydroxyl groups excluding tert-OH is 1. The molecule has 1 aliphatic carbocycles. The quantitative estimate of drug-likeness (QED) is 0.745. The summed E-state index contributed by atoms with van der Waals surface area (Å²) in [5.41, 5.74) is -0.318. The van der Waals surface area contributed by atoms with E-state index in [-0.39, 0.29) is 17.2 Å². The molecule has 2 aromatic heterocycles. The third-order valence-corrected chi connectivity index (χ3v) is 4.08. The van der Waals surface area contributed by atoms with Gasteiger partial charge in [0.05, 0.1) is 12.1 Å². The van der Waals surface area contributed by atoms with Crippen molar-refractivity contribution in [2.75, 3.05) is 0 Å². The Hall–Kier alpha value is -1.96. The first-order chi connectivity index (χ1) is 9.52. The number of aryl methyl sites for hydroxylation is 1. The maximum absolute atomic E-state index is 12.3. The van der Waals surface area contributed by atoms with Gasteiger partial charge in [-0.05, 0) is 12.8 Å². The fraction of sp³-hybridized carbons (Fsp3) is 0.667. The van der Waals surface area contributed by atoms with Crippen LogP contribution in [0, 0.1) is 0 Å². The topological polar surface area (TPSA) is 94.9 Å². The van der Waals surface area contributed by atoms with Gasteiger partial charge in [-0.25, -0.2) is 9.48 Å². The summed E-state index contributed by atoms with van der Waals surface area (Å²) in [5, 5.41) is 18.1. The molecule has 0 saturated heterocycles. The van der Waals surface area contributed by atoms with Crippen LogP contribution in [0.15, 0.2) is 9.59 Å². The highest BCUT2D eigenvalue weighted by molar-refractivity contribution is 5.68. The molecule has 0 bridgehead atoms. The molecule has 0 aliphatic heterocycles. The van der Waals surface area contributed by atoms with Crippen LogP contribution in [-0.2, 0) is 14.1 Å². The Kier molecular flexibility index (Phi) is 2.97. The van der Waals surface area contributed by atoms with Gasteiger partial charge in [0, 0.05) is 14.1 Å². The van der Waals surface area contributed by atoms with Crippen molar-refractivity contribution in [3.8, 4) is 0 Å². The van der Waals surface area contributed by atoms with E-state index in [1.165, 1.54) is 16.3 Å². The normalized spacial score (nSPS) is 23.4. The van der Waals surface area contributed by atoms with Crippen molar-refractivity contribution < 1.29 is 5.11 Å². The van der Waals surface area contributed by atoms with E-state index in [2.05, 4.69) is 10.3 Å². The first-order valence-corrected chi connectivity index (χ1v) is 6.71. The van der Waals surface area contributed by atoms with Gasteiger partial charge in [-0.2, -0.15) is 0 Å². The summed E-state index contributed by atoms with van der Waals surface area (Å²) in [6.07, 6.45) is 2.87. The number of hydrogen-bond acceptors (Lipinski definition) is 5. The third-order valence-electron chi connectivity index (χ3n) is 4.08. The lowest BCUT2D eigenvalue weighted by Gasteiger charge is -2.27. The fourth-order valence-corrected chi connectivity index (χ4v) is 2.88. The average molecular weight is 279 g/mol. The second kappa shape index (κ2) is 4.55. The van der Waals surface area contributed by atoms with Crippen molar-refractivity contribution in [3.63, 3.8) is 0 Å². The lowest BCUT2D eigenvalue weighted by atomic mass is 9.93. The largest absolute Gasteiger partial charge is 0.391 e. The Morgan fingerprint density at radius 3 is 2.55 bits per heavy atom. The molecular formula is C12H17N5O3. The number of nitrogens with zero attached hydrogens (tertiary/aromatic N) is 5. The highest BCUT2D eigenvalue weighted by Crippen LogP contribution is 2.29. The number of hydrogen-bond donors (Lipinski definition) is 1. The second-order valence-corrected chi connectivity index (χ2v) is 5.33. The maximum Gasteiger partial charge on any atom is 0.332 e. The van der Waals surface area contributed by atoms with Gasteiger partial charge in [0.25, 0.3) is 5.56 Å². The smallest absolute Gasteiger partial charge is 0.332 e. The van der Waals surface area contributed by atoms with E-state index in [1.807, 2.05) is 0 Å². The molecule has 8 nitrogen and oxygen atoms in total. The number of aromatic nitrogens is 5. The summed E-state index contributed by atoms with van der Waals surface area (Å²) < 4.78 is 3.83. The van der Waals surface area contributed by atoms with Crippen LogP contribution in [0.5, 0.6) is 0 Å². The zero-order valence-electron chi connectivity index (χ0n) is 11.5. The average Bonchev–Trinajstić information content (AvgIpc) is 2.88. The Morgan fingerprint density at radius 2 is 1.85 bits per heavy atom. The van der Waals surface area contributed by atoms with Crippen molar-refractivity contribution in [1.29, 1.82) is 0 Å². The number of rotatable bonds is 1. The van der Waals surface area contributed by atoms with E-state index in [1.54, 1.807) is 7.05 Å². The summed E-state index contributed by atoms with van der Waals surface area (Å²) in [6, 6.07) is -0.251. The molecule has 0 aromatic carbocycles. The molecule has 2 aromatic rings. The van der Waals surface area contributed by atoms with Crippen molar-refractivity contribution in [2.45, 2.75) is 37.8 Å². The Labute approximate surface area is 114 Å². The zero-order chi connectivity index (χ0) is 14.4. The SMILES string of the molecule is Cn1c(=O)c2c(nnn2[C@@H]2CCCC[C@H]2O)n(C)c1=O. The van der Waals surface area contributed by atoms with Crippen LogP contribution < -0.4 is 11.2 Å². The lowest BCUT2D eigenvalue weighted by molar-refractivity contribution is 0.0705. The standard InChI is InChI=1S/C12H17N5O3/c1-15-10-9(11(19)16(2)12(15)20)17(14-13-10)7-5-3-4-6-8(7)18/h7-8,18H,3-6H2,1-2H3/t7-,8-/m1/s1. The second-order valence-electron chi connectivity index (χ2n) is 5.33. The molecule has 0 radical (unpaired) electrons. The Morgan fingerprint density at radius 1 is 1.15 bits per heavy atom. The van der Waals surface area contributed by atoms with Gasteiger partial charge in [0.1, 0.15) is 0 Å². The molecule has 20 heavy (non-hydrogen) atoms. The summed E-state index contributed by atoms with van der Waals surface area (Å²) in [5.74, 6) is 0. The van der Waals surface area contributed by atoms with Gasteiger partial charge in [-0.15, -0.1) is 5.10 Å². The van der Waals surface area contributed by atoms with Crippen LogP contribution in [0.2, 0.25) is 0 Å². The molecule has 2 atom stereocenters. The first kappa shape index (κ1) is 13.0. The zero-order valence-corrected chi connectivity index (χ0v) is 11.5. The fourth-order valence-electron chi connectivity index (χ4n) is 2.88. The van der Waals surface area contributed by atoms with Crippen LogP contribution in [0.25, 0.3) is 11.2 Å². The van der Waals surface area contributed by atoms with E-state index >= 15 is 0 Å². The molecule has 8 heteroatoms. The van der Waals surface area contributed by atoms with Crippen molar-refractivity contribution >= 4 is 11.2 Å². The summed E-state index contributed by atoms with van der Waals surface area (Å²) in [7, 11) is 2.99. The highest BCUT2D eigenvalue weighted by atomic mass is 16.3. The van der Waals surface area contributed by atoms with Crippen molar-refractivity contribution in [1.82, 2.24) is 24.1 Å². The van der Waals surface area contributed by atoms with E-state index < -0.39 is 17.4 Å². The molecule has 108 valence electrons. The van der Waals surface area contributed by atoms with Crippen molar-refractivity contribution in [3.05, 3.63) is 20.8 Å². The van der Waals surface area contributed by atoms with E-state index in [0.29, 0.717) is 6.42 Å². The van der Waals surface area contributed by atoms with Crippen LogP contribution in [0.1, 0.15) is 31.7 Å². The molecule has 1 fully saturated rings. The Bertz CT molecular complexity index is 772. The summed E-state index contributed by atoms with van der Waals surface area (Å²) >= 11 is 0. The Balaban J connectivity index is 2.28. The summed E-state index contributed by atoms with van der Waals surface area (Å²) in [6.45, 7) is 0. The first-order valence-electron chi connectivity index (χ1n) is 6.71. The molecule has 0 amide bonds. The number of aliphatic hydroxyl groups is 1. The van der Waals surface area contributed by atoms with Crippen LogP contribution in [0.4, 0.5) is 0 Å². The van der Waals surface area contributed by atoms with Gasteiger partial charge < -0.3 is 5.11 Å². The van der Waals surface area contributed by atoms with Gasteiger partial charge in [-0.3, -0.25) is 13.9 Å². The minimum absolute atomic E-state index is 0.251. The van der Waals surface area contributed by atoms with Gasteiger partial charge in [0.2, 0.25) is 0 Å². The van der Waals surface area contributed by atoms with Crippen LogP contribution in [0.3, 0.4) is 0 Å². The van der Waals surface area contributed by atoms with Crippen LogP contribution >= 0.6 is 0 Å². The molecule has 1 aliphatic rings. The molecule has 0 unspecified atom stereocenters. The van der Waals surface area contributed by atoms with E-state index in [9.17, 15) is 14.7 Å². The molecule has 1 saturated carbocycles. The van der Waals surface area contributed by atoms with Gasteiger partial charge in [-0.1, -0.05) is 18.1 Å². The molecule has 3 rings (SSSR count). The minimum Gasteiger partial charge on any atom is -0.391 e. The molecular weight excluding hydrogens is 262 g/mol. The van der Waals surface area contributed by atoms with Crippen LogP contribution in [-0.4, -0.2) is 35.3 Å². The predicted octanol–water partition coefficient (Wildman–Crippen LogP) is -0.695. The van der Waals surface area contributed by atoms with Gasteiger partial charge in [0.15, 0.2) is 11.2 Å². The van der Waals surface area contributed by atoms with Crippen molar-refractivity contribution in [2.24, 2.45) is 14.1 Å². The molecule has 1 N–H and O–H groups in total. The van der Waals surface area contributed by atoms with E-state index in [0.717, 1.165) is 23.8 Å².